The Hall–Kier alpha value is -2.66. The maximum atomic E-state index is 12.6. The summed E-state index contributed by atoms with van der Waals surface area (Å²) in [5.74, 6) is -0.839. The molecule has 0 fully saturated rings. The largest absolute Gasteiger partial charge is 0.449 e. The Morgan fingerprint density at radius 3 is 2.25 bits per heavy atom. The van der Waals surface area contributed by atoms with E-state index in [1.807, 2.05) is 37.3 Å². The van der Waals surface area contributed by atoms with E-state index < -0.39 is 12.1 Å². The number of aliphatic hydroxyl groups excluding tert-OH is 1. The molecule has 0 aliphatic rings. The summed E-state index contributed by atoms with van der Waals surface area (Å²) in [6.07, 6.45) is -0.893. The van der Waals surface area contributed by atoms with Crippen molar-refractivity contribution in [3.05, 3.63) is 65.7 Å². The third kappa shape index (κ3) is 4.20. The Labute approximate surface area is 141 Å². The number of anilines is 1. The highest BCUT2D eigenvalue weighted by Crippen LogP contribution is 2.16. The van der Waals surface area contributed by atoms with Gasteiger partial charge in [0.05, 0.1) is 12.2 Å². The highest BCUT2D eigenvalue weighted by Gasteiger charge is 2.24. The number of carbonyl (C=O) groups excluding carboxylic acids is 2. The number of para-hydroxylation sites is 1. The van der Waals surface area contributed by atoms with Gasteiger partial charge in [-0.15, -0.1) is 0 Å². The summed E-state index contributed by atoms with van der Waals surface area (Å²) >= 11 is 0. The number of rotatable bonds is 6. The average molecular weight is 327 g/mol. The molecule has 1 atom stereocenters. The van der Waals surface area contributed by atoms with Gasteiger partial charge < -0.3 is 14.7 Å². The third-order valence-electron chi connectivity index (χ3n) is 3.65. The fourth-order valence-electron chi connectivity index (χ4n) is 2.32. The van der Waals surface area contributed by atoms with Gasteiger partial charge in [0.15, 0.2) is 6.10 Å². The van der Waals surface area contributed by atoms with Crippen molar-refractivity contribution in [1.29, 1.82) is 0 Å². The first-order valence-corrected chi connectivity index (χ1v) is 7.84. The van der Waals surface area contributed by atoms with Crippen molar-refractivity contribution >= 4 is 17.6 Å². The lowest BCUT2D eigenvalue weighted by atomic mass is 10.1. The van der Waals surface area contributed by atoms with Gasteiger partial charge in [-0.3, -0.25) is 4.79 Å². The highest BCUT2D eigenvalue weighted by molar-refractivity contribution is 5.98. The maximum absolute atomic E-state index is 12.6. The predicted octanol–water partition coefficient (Wildman–Crippen LogP) is 2.78. The smallest absolute Gasteiger partial charge is 0.338 e. The number of likely N-dealkylation sites (N-methyl/N-ethyl adjacent to an activating group) is 1. The molecule has 2 aromatic carbocycles. The number of ether oxygens (including phenoxy) is 1. The van der Waals surface area contributed by atoms with Crippen molar-refractivity contribution in [2.24, 2.45) is 0 Å². The van der Waals surface area contributed by atoms with Gasteiger partial charge in [-0.05, 0) is 43.7 Å². The number of esters is 1. The van der Waals surface area contributed by atoms with Crippen LogP contribution in [0.4, 0.5) is 5.69 Å². The van der Waals surface area contributed by atoms with E-state index in [1.54, 1.807) is 36.1 Å². The SMILES string of the molecule is CCN(C(=O)[C@H](C)OC(=O)c1ccc(CO)cc1)c1ccccc1. The lowest BCUT2D eigenvalue weighted by Gasteiger charge is -2.24. The second kappa shape index (κ2) is 8.26. The molecule has 1 amide bonds. The summed E-state index contributed by atoms with van der Waals surface area (Å²) < 4.78 is 5.28. The molecule has 2 rings (SSSR count). The number of hydrogen-bond donors (Lipinski definition) is 1. The van der Waals surface area contributed by atoms with E-state index in [2.05, 4.69) is 0 Å². The van der Waals surface area contributed by atoms with Gasteiger partial charge in [-0.25, -0.2) is 4.79 Å². The summed E-state index contributed by atoms with van der Waals surface area (Å²) in [4.78, 5) is 26.3. The molecular formula is C19H21NO4. The predicted molar refractivity (Wildman–Crippen MR) is 91.7 cm³/mol. The maximum Gasteiger partial charge on any atom is 0.338 e. The van der Waals surface area contributed by atoms with Crippen LogP contribution in [0.1, 0.15) is 29.8 Å². The average Bonchev–Trinajstić information content (AvgIpc) is 2.63. The molecule has 5 heteroatoms. The molecule has 0 saturated heterocycles. The second-order valence-corrected chi connectivity index (χ2v) is 5.32. The van der Waals surface area contributed by atoms with Gasteiger partial charge >= 0.3 is 5.97 Å². The Balaban J connectivity index is 2.05. The molecule has 0 unspecified atom stereocenters. The number of carbonyl (C=O) groups is 2. The monoisotopic (exact) mass is 327 g/mol. The van der Waals surface area contributed by atoms with Gasteiger partial charge in [-0.1, -0.05) is 30.3 Å². The topological polar surface area (TPSA) is 66.8 Å². The highest BCUT2D eigenvalue weighted by atomic mass is 16.5. The Bertz CT molecular complexity index is 682. The van der Waals surface area contributed by atoms with Crippen LogP contribution in [0, 0.1) is 0 Å². The first kappa shape index (κ1) is 17.7. The molecule has 1 N–H and O–H groups in total. The number of nitrogens with zero attached hydrogens (tertiary/aromatic N) is 1. The van der Waals surface area contributed by atoms with Gasteiger partial charge in [0.25, 0.3) is 5.91 Å². The Morgan fingerprint density at radius 1 is 1.08 bits per heavy atom. The van der Waals surface area contributed by atoms with Gasteiger partial charge in [0, 0.05) is 12.2 Å². The van der Waals surface area contributed by atoms with E-state index in [-0.39, 0.29) is 12.5 Å². The zero-order chi connectivity index (χ0) is 17.5. The van der Waals surface area contributed by atoms with E-state index in [0.29, 0.717) is 17.7 Å². The molecule has 0 radical (unpaired) electrons. The van der Waals surface area contributed by atoms with Crippen LogP contribution in [-0.2, 0) is 16.1 Å². The quantitative estimate of drug-likeness (QED) is 0.829. The molecule has 24 heavy (non-hydrogen) atoms. The zero-order valence-electron chi connectivity index (χ0n) is 13.8. The fraction of sp³-hybridized carbons (Fsp3) is 0.263. The Morgan fingerprint density at radius 2 is 1.71 bits per heavy atom. The van der Waals surface area contributed by atoms with Crippen LogP contribution in [0.5, 0.6) is 0 Å². The van der Waals surface area contributed by atoms with E-state index in [1.165, 1.54) is 0 Å². The number of hydrogen-bond acceptors (Lipinski definition) is 4. The normalized spacial score (nSPS) is 11.6. The first-order valence-electron chi connectivity index (χ1n) is 7.84. The summed E-state index contributed by atoms with van der Waals surface area (Å²) in [6.45, 7) is 3.82. The van der Waals surface area contributed by atoms with Crippen LogP contribution in [0.3, 0.4) is 0 Å². The van der Waals surface area contributed by atoms with E-state index in [9.17, 15) is 9.59 Å². The molecule has 0 aliphatic heterocycles. The number of aliphatic hydroxyl groups is 1. The van der Waals surface area contributed by atoms with E-state index in [0.717, 1.165) is 5.69 Å². The zero-order valence-corrected chi connectivity index (χ0v) is 13.8. The van der Waals surface area contributed by atoms with Crippen LogP contribution >= 0.6 is 0 Å². The van der Waals surface area contributed by atoms with Gasteiger partial charge in [0.2, 0.25) is 0 Å². The van der Waals surface area contributed by atoms with Gasteiger partial charge in [0.1, 0.15) is 0 Å². The molecule has 0 saturated carbocycles. The number of benzene rings is 2. The molecule has 5 nitrogen and oxygen atoms in total. The van der Waals surface area contributed by atoms with Crippen molar-refractivity contribution in [1.82, 2.24) is 0 Å². The van der Waals surface area contributed by atoms with Crippen LogP contribution in [-0.4, -0.2) is 29.6 Å². The van der Waals surface area contributed by atoms with Crippen LogP contribution in [0.25, 0.3) is 0 Å². The fourth-order valence-corrected chi connectivity index (χ4v) is 2.32. The summed E-state index contributed by atoms with van der Waals surface area (Å²) in [5, 5.41) is 9.02. The molecular weight excluding hydrogens is 306 g/mol. The molecule has 0 aliphatic carbocycles. The van der Waals surface area contributed by atoms with Gasteiger partial charge in [-0.2, -0.15) is 0 Å². The van der Waals surface area contributed by atoms with Crippen molar-refractivity contribution in [3.8, 4) is 0 Å². The third-order valence-corrected chi connectivity index (χ3v) is 3.65. The minimum absolute atomic E-state index is 0.0905. The Kier molecular flexibility index (Phi) is 6.09. The summed E-state index contributed by atoms with van der Waals surface area (Å²) in [5.41, 5.74) is 1.81. The van der Waals surface area contributed by atoms with Crippen LogP contribution in [0.15, 0.2) is 54.6 Å². The van der Waals surface area contributed by atoms with Crippen molar-refractivity contribution in [2.45, 2.75) is 26.6 Å². The number of amides is 1. The molecule has 0 spiro atoms. The second-order valence-electron chi connectivity index (χ2n) is 5.32. The minimum Gasteiger partial charge on any atom is -0.449 e. The van der Waals surface area contributed by atoms with Crippen molar-refractivity contribution in [2.75, 3.05) is 11.4 Å². The molecule has 126 valence electrons. The van der Waals surface area contributed by atoms with E-state index >= 15 is 0 Å². The molecule has 0 bridgehead atoms. The summed E-state index contributed by atoms with van der Waals surface area (Å²) in [7, 11) is 0. The molecule has 2 aromatic rings. The van der Waals surface area contributed by atoms with Crippen LogP contribution in [0.2, 0.25) is 0 Å². The summed E-state index contributed by atoms with van der Waals surface area (Å²) in [6, 6.07) is 15.7. The van der Waals surface area contributed by atoms with Crippen LogP contribution < -0.4 is 4.90 Å². The lowest BCUT2D eigenvalue weighted by Crippen LogP contribution is -2.40. The van der Waals surface area contributed by atoms with E-state index in [4.69, 9.17) is 9.84 Å². The molecule has 0 aromatic heterocycles. The minimum atomic E-state index is -0.893. The molecule has 0 heterocycles. The standard InChI is InChI=1S/C19H21NO4/c1-3-20(17-7-5-4-6-8-17)18(22)14(2)24-19(23)16-11-9-15(13-21)10-12-16/h4-12,14,21H,3,13H2,1-2H3/t14-/m0/s1. The van der Waals surface area contributed by atoms with Crippen molar-refractivity contribution in [3.63, 3.8) is 0 Å². The lowest BCUT2D eigenvalue weighted by molar-refractivity contribution is -0.126. The first-order chi connectivity index (χ1) is 11.6. The van der Waals surface area contributed by atoms with Crippen molar-refractivity contribution < 1.29 is 19.4 Å².